The molecule has 0 saturated carbocycles. The molecule has 1 heterocycles. The summed E-state index contributed by atoms with van der Waals surface area (Å²) in [5.74, 6) is 0.0395. The average Bonchev–Trinajstić information content (AvgIpc) is 2.75. The molecule has 0 aliphatic heterocycles. The molecule has 1 aromatic heterocycles. The second-order valence-corrected chi connectivity index (χ2v) is 3.76. The molecule has 1 N–H and O–H groups in total. The lowest BCUT2D eigenvalue weighted by atomic mass is 10.0. The van der Waals surface area contributed by atoms with Crippen LogP contribution in [0.1, 0.15) is 5.82 Å². The van der Waals surface area contributed by atoms with E-state index in [9.17, 15) is 9.59 Å². The van der Waals surface area contributed by atoms with E-state index in [0.717, 1.165) is 11.0 Å². The first kappa shape index (κ1) is 9.72. The topological polar surface area (TPSA) is 62.8 Å². The van der Waals surface area contributed by atoms with E-state index in [4.69, 9.17) is 0 Å². The van der Waals surface area contributed by atoms with Crippen molar-refractivity contribution in [3.8, 4) is 0 Å². The maximum atomic E-state index is 11.6. The maximum Gasteiger partial charge on any atom is 0.189 e. The van der Waals surface area contributed by atoms with Crippen LogP contribution in [-0.2, 0) is 9.59 Å². The molecule has 0 amide bonds. The summed E-state index contributed by atoms with van der Waals surface area (Å²) < 4.78 is 0. The smallest absolute Gasteiger partial charge is 0.189 e. The molecule has 4 heteroatoms. The molecule has 0 bridgehead atoms. The normalized spacial score (nSPS) is 15.4. The highest BCUT2D eigenvalue weighted by Crippen LogP contribution is 2.19. The number of aromatic amines is 1. The third-order valence-electron chi connectivity index (χ3n) is 2.60. The van der Waals surface area contributed by atoms with Gasteiger partial charge in [-0.1, -0.05) is 12.1 Å². The number of carbonyl (C=O) groups excluding carboxylic acids is 2. The maximum absolute atomic E-state index is 11.6. The Morgan fingerprint density at radius 2 is 1.88 bits per heavy atom. The van der Waals surface area contributed by atoms with E-state index >= 15 is 0 Å². The minimum Gasteiger partial charge on any atom is -0.338 e. The molecule has 4 nitrogen and oxygen atoms in total. The Morgan fingerprint density at radius 1 is 1.06 bits per heavy atom. The van der Waals surface area contributed by atoms with Crippen molar-refractivity contribution in [3.05, 3.63) is 48.3 Å². The van der Waals surface area contributed by atoms with Crippen LogP contribution < -0.4 is 0 Å². The summed E-state index contributed by atoms with van der Waals surface area (Å²) in [6, 6.07) is 7.47. The molecular formula is C13H8N2O2. The summed E-state index contributed by atoms with van der Waals surface area (Å²) in [6.07, 6.45) is 3.83. The first-order valence-corrected chi connectivity index (χ1v) is 5.17. The lowest BCUT2D eigenvalue weighted by Crippen LogP contribution is -2.07. The third kappa shape index (κ3) is 1.59. The van der Waals surface area contributed by atoms with Gasteiger partial charge in [0, 0.05) is 6.08 Å². The first-order chi connectivity index (χ1) is 8.24. The fourth-order valence-electron chi connectivity index (χ4n) is 1.77. The highest BCUT2D eigenvalue weighted by molar-refractivity contribution is 6.33. The van der Waals surface area contributed by atoms with Crippen molar-refractivity contribution in [2.45, 2.75) is 0 Å². The number of para-hydroxylation sites is 2. The van der Waals surface area contributed by atoms with Gasteiger partial charge in [0.05, 0.1) is 16.6 Å². The van der Waals surface area contributed by atoms with Gasteiger partial charge in [0.1, 0.15) is 5.82 Å². The predicted octanol–water partition coefficient (Wildman–Crippen LogP) is 1.65. The Kier molecular flexibility index (Phi) is 2.01. The van der Waals surface area contributed by atoms with Gasteiger partial charge in [-0.3, -0.25) is 9.59 Å². The SMILES string of the molecule is O=C1C=CC(=O)C(c2nc3ccccc3[nH]2)=C1. The van der Waals surface area contributed by atoms with Crippen molar-refractivity contribution in [1.82, 2.24) is 9.97 Å². The van der Waals surface area contributed by atoms with Crippen LogP contribution in [-0.4, -0.2) is 21.5 Å². The second-order valence-electron chi connectivity index (χ2n) is 3.76. The van der Waals surface area contributed by atoms with Crippen LogP contribution in [0, 0.1) is 0 Å². The highest BCUT2D eigenvalue weighted by Gasteiger charge is 2.18. The van der Waals surface area contributed by atoms with Crippen molar-refractivity contribution in [1.29, 1.82) is 0 Å². The number of hydrogen-bond acceptors (Lipinski definition) is 3. The number of hydrogen-bond donors (Lipinski definition) is 1. The van der Waals surface area contributed by atoms with Gasteiger partial charge >= 0.3 is 0 Å². The quantitative estimate of drug-likeness (QED) is 0.749. The number of nitrogens with one attached hydrogen (secondary N) is 1. The largest absolute Gasteiger partial charge is 0.338 e. The van der Waals surface area contributed by atoms with E-state index < -0.39 is 0 Å². The van der Waals surface area contributed by atoms with Crippen LogP contribution in [0.2, 0.25) is 0 Å². The molecule has 82 valence electrons. The number of carbonyl (C=O) groups is 2. The number of imidazole rings is 1. The summed E-state index contributed by atoms with van der Waals surface area (Å²) in [4.78, 5) is 30.2. The molecule has 0 unspecified atom stereocenters. The van der Waals surface area contributed by atoms with E-state index in [0.29, 0.717) is 11.4 Å². The molecule has 0 radical (unpaired) electrons. The zero-order valence-electron chi connectivity index (χ0n) is 8.81. The Labute approximate surface area is 96.7 Å². The van der Waals surface area contributed by atoms with Crippen LogP contribution >= 0.6 is 0 Å². The number of benzene rings is 1. The van der Waals surface area contributed by atoms with Gasteiger partial charge in [-0.2, -0.15) is 0 Å². The summed E-state index contributed by atoms with van der Waals surface area (Å²) in [5, 5.41) is 0. The number of ketones is 2. The van der Waals surface area contributed by atoms with Crippen LogP contribution in [0.3, 0.4) is 0 Å². The molecular weight excluding hydrogens is 216 g/mol. The molecule has 1 aliphatic carbocycles. The molecule has 3 rings (SSSR count). The minimum absolute atomic E-state index is 0.194. The molecule has 0 saturated heterocycles. The lowest BCUT2D eigenvalue weighted by Gasteiger charge is -2.02. The summed E-state index contributed by atoms with van der Waals surface area (Å²) in [5.41, 5.74) is 1.94. The lowest BCUT2D eigenvalue weighted by molar-refractivity contribution is -0.113. The van der Waals surface area contributed by atoms with E-state index in [1.807, 2.05) is 24.3 Å². The van der Waals surface area contributed by atoms with Crippen molar-refractivity contribution < 1.29 is 9.59 Å². The Hall–Kier alpha value is -2.49. The van der Waals surface area contributed by atoms with Crippen LogP contribution in [0.4, 0.5) is 0 Å². The van der Waals surface area contributed by atoms with Crippen LogP contribution in [0.15, 0.2) is 42.5 Å². The van der Waals surface area contributed by atoms with E-state index in [2.05, 4.69) is 9.97 Å². The number of fused-ring (bicyclic) bond motifs is 1. The second kappa shape index (κ2) is 3.52. The van der Waals surface area contributed by atoms with E-state index in [1.165, 1.54) is 18.2 Å². The molecule has 2 aromatic rings. The van der Waals surface area contributed by atoms with Crippen molar-refractivity contribution in [3.63, 3.8) is 0 Å². The predicted molar refractivity (Wildman–Crippen MR) is 63.2 cm³/mol. The monoisotopic (exact) mass is 224 g/mol. The zero-order valence-corrected chi connectivity index (χ0v) is 8.81. The molecule has 0 spiro atoms. The molecule has 1 aliphatic rings. The molecule has 1 aromatic carbocycles. The van der Waals surface area contributed by atoms with E-state index in [-0.39, 0.29) is 11.6 Å². The van der Waals surface area contributed by atoms with Gasteiger partial charge in [-0.05, 0) is 24.3 Å². The van der Waals surface area contributed by atoms with E-state index in [1.54, 1.807) is 0 Å². The highest BCUT2D eigenvalue weighted by atomic mass is 16.1. The van der Waals surface area contributed by atoms with Gasteiger partial charge in [-0.25, -0.2) is 4.98 Å². The Morgan fingerprint density at radius 3 is 2.71 bits per heavy atom. The van der Waals surface area contributed by atoms with Crippen molar-refractivity contribution in [2.24, 2.45) is 0 Å². The minimum atomic E-state index is -0.205. The summed E-state index contributed by atoms with van der Waals surface area (Å²) >= 11 is 0. The van der Waals surface area contributed by atoms with Gasteiger partial charge in [0.15, 0.2) is 11.6 Å². The van der Waals surface area contributed by atoms with Crippen LogP contribution in [0.25, 0.3) is 16.6 Å². The van der Waals surface area contributed by atoms with Crippen molar-refractivity contribution in [2.75, 3.05) is 0 Å². The van der Waals surface area contributed by atoms with Gasteiger partial charge in [0.25, 0.3) is 0 Å². The summed E-state index contributed by atoms with van der Waals surface area (Å²) in [6.45, 7) is 0. The average molecular weight is 224 g/mol. The molecule has 0 atom stereocenters. The van der Waals surface area contributed by atoms with Crippen molar-refractivity contribution >= 4 is 28.2 Å². The number of allylic oxidation sites excluding steroid dienone is 4. The van der Waals surface area contributed by atoms with Gasteiger partial charge in [-0.15, -0.1) is 0 Å². The fraction of sp³-hybridized carbons (Fsp3) is 0. The Bertz CT molecular complexity index is 659. The zero-order chi connectivity index (χ0) is 11.8. The van der Waals surface area contributed by atoms with Crippen LogP contribution in [0.5, 0.6) is 0 Å². The molecule has 0 fully saturated rings. The first-order valence-electron chi connectivity index (χ1n) is 5.17. The third-order valence-corrected chi connectivity index (χ3v) is 2.60. The number of nitrogens with zero attached hydrogens (tertiary/aromatic N) is 1. The number of aromatic nitrogens is 2. The van der Waals surface area contributed by atoms with Gasteiger partial charge in [0.2, 0.25) is 0 Å². The van der Waals surface area contributed by atoms with Gasteiger partial charge < -0.3 is 4.98 Å². The standard InChI is InChI=1S/C13H8N2O2/c16-8-5-6-12(17)9(7-8)13-14-10-3-1-2-4-11(10)15-13/h1-7H,(H,14,15). The number of rotatable bonds is 1. The number of H-pyrrole nitrogens is 1. The fourth-order valence-corrected chi connectivity index (χ4v) is 1.77. The summed E-state index contributed by atoms with van der Waals surface area (Å²) in [7, 11) is 0. The molecule has 17 heavy (non-hydrogen) atoms. The Balaban J connectivity index is 2.15.